The van der Waals surface area contributed by atoms with E-state index in [0.29, 0.717) is 0 Å². The van der Waals surface area contributed by atoms with E-state index in [0.717, 1.165) is 18.6 Å². The summed E-state index contributed by atoms with van der Waals surface area (Å²) in [6.45, 7) is 2.31. The number of nitrogens with zero attached hydrogens (tertiary/aromatic N) is 1. The summed E-state index contributed by atoms with van der Waals surface area (Å²) in [5.41, 5.74) is 0. The molecule has 1 heterocycles. The largest absolute Gasteiger partial charge is 0.469 e. The average Bonchev–Trinajstić information content (AvgIpc) is 2.84. The standard InChI is InChI=1S/C12H17N3O2/c1-10(4-5-11-3-2-8-17-11)15-9-12(16)14-7-6-13/h2-3,8,10,15H,4-5,7,9H2,1H3,(H,14,16). The molecule has 1 unspecified atom stereocenters. The van der Waals surface area contributed by atoms with Gasteiger partial charge in [0.1, 0.15) is 12.3 Å². The number of nitrogens with one attached hydrogen (secondary N) is 2. The lowest BCUT2D eigenvalue weighted by Crippen LogP contribution is -2.38. The van der Waals surface area contributed by atoms with Gasteiger partial charge < -0.3 is 15.1 Å². The molecular formula is C12H17N3O2. The number of amides is 1. The highest BCUT2D eigenvalue weighted by Gasteiger charge is 2.06. The Balaban J connectivity index is 2.11. The topological polar surface area (TPSA) is 78.1 Å². The normalized spacial score (nSPS) is 11.8. The molecule has 17 heavy (non-hydrogen) atoms. The van der Waals surface area contributed by atoms with Gasteiger partial charge in [0.15, 0.2) is 0 Å². The number of rotatable bonds is 7. The number of carbonyl (C=O) groups excluding carboxylic acids is 1. The molecule has 5 heteroatoms. The van der Waals surface area contributed by atoms with Crippen molar-refractivity contribution in [1.29, 1.82) is 5.26 Å². The highest BCUT2D eigenvalue weighted by molar-refractivity contribution is 5.78. The third kappa shape index (κ3) is 5.73. The van der Waals surface area contributed by atoms with E-state index in [4.69, 9.17) is 9.68 Å². The summed E-state index contributed by atoms with van der Waals surface area (Å²) in [6.07, 6.45) is 3.41. The highest BCUT2D eigenvalue weighted by atomic mass is 16.3. The van der Waals surface area contributed by atoms with Crippen LogP contribution in [-0.2, 0) is 11.2 Å². The molecule has 0 fully saturated rings. The first-order valence-corrected chi connectivity index (χ1v) is 5.61. The van der Waals surface area contributed by atoms with Crippen molar-refractivity contribution in [3.05, 3.63) is 24.2 Å². The molecule has 2 N–H and O–H groups in total. The fourth-order valence-corrected chi connectivity index (χ4v) is 1.38. The van der Waals surface area contributed by atoms with Gasteiger partial charge in [-0.3, -0.25) is 4.79 Å². The SMILES string of the molecule is CC(CCc1ccco1)NCC(=O)NCC#N. The van der Waals surface area contributed by atoms with Crippen LogP contribution in [0.5, 0.6) is 0 Å². The van der Waals surface area contributed by atoms with E-state index < -0.39 is 0 Å². The van der Waals surface area contributed by atoms with Gasteiger partial charge in [-0.25, -0.2) is 0 Å². The molecule has 0 aliphatic rings. The summed E-state index contributed by atoms with van der Waals surface area (Å²) in [4.78, 5) is 11.2. The Labute approximate surface area is 101 Å². The number of aryl methyl sites for hydroxylation is 1. The van der Waals surface area contributed by atoms with Crippen molar-refractivity contribution < 1.29 is 9.21 Å². The second-order valence-corrected chi connectivity index (χ2v) is 3.83. The Morgan fingerprint density at radius 3 is 3.12 bits per heavy atom. The molecule has 1 amide bonds. The number of hydrogen-bond donors (Lipinski definition) is 2. The second-order valence-electron chi connectivity index (χ2n) is 3.83. The molecular weight excluding hydrogens is 218 g/mol. The summed E-state index contributed by atoms with van der Waals surface area (Å²) >= 11 is 0. The molecule has 0 saturated heterocycles. The summed E-state index contributed by atoms with van der Waals surface area (Å²) in [7, 11) is 0. The van der Waals surface area contributed by atoms with Crippen molar-refractivity contribution in [2.24, 2.45) is 0 Å². The Morgan fingerprint density at radius 1 is 1.65 bits per heavy atom. The first-order chi connectivity index (χ1) is 8.22. The van der Waals surface area contributed by atoms with Gasteiger partial charge in [-0.05, 0) is 25.5 Å². The molecule has 0 bridgehead atoms. The van der Waals surface area contributed by atoms with Crippen LogP contribution >= 0.6 is 0 Å². The van der Waals surface area contributed by atoms with Gasteiger partial charge in [-0.1, -0.05) is 0 Å². The number of furan rings is 1. The molecule has 0 spiro atoms. The maximum Gasteiger partial charge on any atom is 0.234 e. The third-order valence-electron chi connectivity index (χ3n) is 2.38. The lowest BCUT2D eigenvalue weighted by atomic mass is 10.1. The fraction of sp³-hybridized carbons (Fsp3) is 0.500. The maximum absolute atomic E-state index is 11.2. The van der Waals surface area contributed by atoms with Crippen molar-refractivity contribution in [2.75, 3.05) is 13.1 Å². The van der Waals surface area contributed by atoms with Crippen molar-refractivity contribution >= 4 is 5.91 Å². The Hall–Kier alpha value is -1.80. The van der Waals surface area contributed by atoms with Crippen LogP contribution in [0.2, 0.25) is 0 Å². The smallest absolute Gasteiger partial charge is 0.234 e. The van der Waals surface area contributed by atoms with Crippen molar-refractivity contribution in [1.82, 2.24) is 10.6 Å². The van der Waals surface area contributed by atoms with E-state index in [1.165, 1.54) is 0 Å². The minimum Gasteiger partial charge on any atom is -0.469 e. The van der Waals surface area contributed by atoms with Gasteiger partial charge in [0, 0.05) is 12.5 Å². The Morgan fingerprint density at radius 2 is 2.47 bits per heavy atom. The van der Waals surface area contributed by atoms with Gasteiger partial charge in [0.25, 0.3) is 0 Å². The average molecular weight is 235 g/mol. The van der Waals surface area contributed by atoms with Gasteiger partial charge in [-0.2, -0.15) is 5.26 Å². The van der Waals surface area contributed by atoms with Crippen LogP contribution in [0.25, 0.3) is 0 Å². The van der Waals surface area contributed by atoms with Crippen LogP contribution in [0.15, 0.2) is 22.8 Å². The molecule has 1 aromatic heterocycles. The number of nitriles is 1. The minimum absolute atomic E-state index is 0.0568. The lowest BCUT2D eigenvalue weighted by molar-refractivity contribution is -0.120. The quantitative estimate of drug-likeness (QED) is 0.686. The molecule has 0 aromatic carbocycles. The zero-order valence-corrected chi connectivity index (χ0v) is 9.90. The fourth-order valence-electron chi connectivity index (χ4n) is 1.38. The molecule has 1 rings (SSSR count). The molecule has 1 atom stereocenters. The molecule has 92 valence electrons. The van der Waals surface area contributed by atoms with Crippen LogP contribution in [0, 0.1) is 11.3 Å². The van der Waals surface area contributed by atoms with E-state index in [1.54, 1.807) is 6.26 Å². The predicted molar refractivity (Wildman–Crippen MR) is 63.1 cm³/mol. The summed E-state index contributed by atoms with van der Waals surface area (Å²) in [6, 6.07) is 5.89. The summed E-state index contributed by atoms with van der Waals surface area (Å²) < 4.78 is 5.22. The van der Waals surface area contributed by atoms with E-state index in [9.17, 15) is 4.79 Å². The molecule has 1 aromatic rings. The number of carbonyl (C=O) groups is 1. The van der Waals surface area contributed by atoms with Crippen LogP contribution in [-0.4, -0.2) is 25.0 Å². The first-order valence-electron chi connectivity index (χ1n) is 5.61. The Bertz CT molecular complexity index is 368. The first kappa shape index (κ1) is 13.3. The molecule has 0 aliphatic heterocycles. The van der Waals surface area contributed by atoms with Gasteiger partial charge in [0.2, 0.25) is 5.91 Å². The van der Waals surface area contributed by atoms with E-state index >= 15 is 0 Å². The van der Waals surface area contributed by atoms with E-state index in [1.807, 2.05) is 25.1 Å². The lowest BCUT2D eigenvalue weighted by Gasteiger charge is -2.12. The summed E-state index contributed by atoms with van der Waals surface area (Å²) in [5, 5.41) is 13.9. The van der Waals surface area contributed by atoms with Crippen molar-refractivity contribution in [3.8, 4) is 6.07 Å². The maximum atomic E-state index is 11.2. The van der Waals surface area contributed by atoms with E-state index in [2.05, 4.69) is 10.6 Å². The van der Waals surface area contributed by atoms with Crippen LogP contribution < -0.4 is 10.6 Å². The predicted octanol–water partition coefficient (Wildman–Crippen LogP) is 0.830. The monoisotopic (exact) mass is 235 g/mol. The molecule has 0 radical (unpaired) electrons. The highest BCUT2D eigenvalue weighted by Crippen LogP contribution is 2.05. The summed E-state index contributed by atoms with van der Waals surface area (Å²) in [5.74, 6) is 0.795. The van der Waals surface area contributed by atoms with E-state index in [-0.39, 0.29) is 25.0 Å². The Kier molecular flexibility index (Phi) is 5.83. The third-order valence-corrected chi connectivity index (χ3v) is 2.38. The zero-order valence-electron chi connectivity index (χ0n) is 9.90. The van der Waals surface area contributed by atoms with Crippen LogP contribution in [0.4, 0.5) is 0 Å². The van der Waals surface area contributed by atoms with Gasteiger partial charge >= 0.3 is 0 Å². The van der Waals surface area contributed by atoms with Crippen LogP contribution in [0.1, 0.15) is 19.1 Å². The number of hydrogen-bond acceptors (Lipinski definition) is 4. The minimum atomic E-state index is -0.156. The molecule has 5 nitrogen and oxygen atoms in total. The van der Waals surface area contributed by atoms with Crippen molar-refractivity contribution in [3.63, 3.8) is 0 Å². The van der Waals surface area contributed by atoms with Crippen LogP contribution in [0.3, 0.4) is 0 Å². The molecule has 0 aliphatic carbocycles. The van der Waals surface area contributed by atoms with Crippen molar-refractivity contribution in [2.45, 2.75) is 25.8 Å². The van der Waals surface area contributed by atoms with Gasteiger partial charge in [0.05, 0.1) is 18.9 Å². The second kappa shape index (κ2) is 7.47. The molecule has 0 saturated carbocycles. The zero-order chi connectivity index (χ0) is 12.5. The van der Waals surface area contributed by atoms with Gasteiger partial charge in [-0.15, -0.1) is 0 Å².